The van der Waals surface area contributed by atoms with Crippen LogP contribution in [0.1, 0.15) is 31.1 Å². The normalized spacial score (nSPS) is 12.8. The third-order valence-corrected chi connectivity index (χ3v) is 3.82. The fourth-order valence-corrected chi connectivity index (χ4v) is 2.27. The lowest BCUT2D eigenvalue weighted by Crippen LogP contribution is -2.16. The summed E-state index contributed by atoms with van der Waals surface area (Å²) in [4.78, 5) is 11.9. The van der Waals surface area contributed by atoms with E-state index in [9.17, 15) is 13.6 Å². The van der Waals surface area contributed by atoms with Gasteiger partial charge in [0.15, 0.2) is 5.78 Å². The maximum atomic E-state index is 13.4. The molecular weight excluding hydrogens is 242 g/mol. The van der Waals surface area contributed by atoms with Gasteiger partial charge in [-0.2, -0.15) is 11.8 Å². The number of benzene rings is 1. The lowest BCUT2D eigenvalue weighted by atomic mass is 10.1. The monoisotopic (exact) mass is 258 g/mol. The van der Waals surface area contributed by atoms with Crippen LogP contribution < -0.4 is 0 Å². The topological polar surface area (TPSA) is 17.1 Å². The van der Waals surface area contributed by atoms with Crippen LogP contribution in [-0.4, -0.2) is 16.8 Å². The molecule has 17 heavy (non-hydrogen) atoms. The molecule has 0 bridgehead atoms. The van der Waals surface area contributed by atoms with E-state index in [2.05, 4.69) is 13.8 Å². The summed E-state index contributed by atoms with van der Waals surface area (Å²) in [6.45, 7) is 5.86. The second kappa shape index (κ2) is 6.15. The quantitative estimate of drug-likeness (QED) is 0.744. The van der Waals surface area contributed by atoms with Crippen molar-refractivity contribution in [3.05, 3.63) is 35.4 Å². The minimum absolute atomic E-state index is 0.0323. The van der Waals surface area contributed by atoms with E-state index in [-0.39, 0.29) is 16.6 Å². The lowest BCUT2D eigenvalue weighted by molar-refractivity contribution is 0.0990. The number of thioether (sulfide) groups is 1. The van der Waals surface area contributed by atoms with Crippen molar-refractivity contribution >= 4 is 17.5 Å². The minimum Gasteiger partial charge on any atom is -0.293 e. The standard InChI is InChI=1S/C13H16F2OS/c1-8(2)7-17-9(3)13(16)11-5-4-10(14)6-12(11)15/h4-6,8-9H,7H2,1-3H3. The highest BCUT2D eigenvalue weighted by atomic mass is 32.2. The molecule has 1 aromatic rings. The number of halogens is 2. The molecule has 1 unspecified atom stereocenters. The molecule has 0 heterocycles. The average Bonchev–Trinajstić information content (AvgIpc) is 2.25. The fourth-order valence-electron chi connectivity index (χ4n) is 1.32. The van der Waals surface area contributed by atoms with Crippen LogP contribution in [-0.2, 0) is 0 Å². The Morgan fingerprint density at radius 3 is 2.47 bits per heavy atom. The van der Waals surface area contributed by atoms with Gasteiger partial charge in [-0.3, -0.25) is 4.79 Å². The third kappa shape index (κ3) is 4.11. The average molecular weight is 258 g/mol. The third-order valence-electron chi connectivity index (χ3n) is 2.25. The molecule has 1 atom stereocenters. The van der Waals surface area contributed by atoms with E-state index in [0.29, 0.717) is 5.92 Å². The van der Waals surface area contributed by atoms with Gasteiger partial charge in [-0.1, -0.05) is 13.8 Å². The molecule has 0 radical (unpaired) electrons. The van der Waals surface area contributed by atoms with Gasteiger partial charge in [0.25, 0.3) is 0 Å². The first-order valence-electron chi connectivity index (χ1n) is 5.52. The molecule has 0 spiro atoms. The summed E-state index contributed by atoms with van der Waals surface area (Å²) < 4.78 is 26.1. The zero-order chi connectivity index (χ0) is 13.0. The van der Waals surface area contributed by atoms with Crippen LogP contribution in [0.4, 0.5) is 8.78 Å². The molecule has 94 valence electrons. The van der Waals surface area contributed by atoms with Gasteiger partial charge in [0.1, 0.15) is 11.6 Å². The molecular formula is C13H16F2OS. The number of Topliss-reactive ketones (excluding diaryl/α,β-unsaturated/α-hetero) is 1. The molecule has 0 saturated carbocycles. The molecule has 0 aliphatic heterocycles. The summed E-state index contributed by atoms with van der Waals surface area (Å²) >= 11 is 1.49. The second-order valence-electron chi connectivity index (χ2n) is 4.36. The second-order valence-corrected chi connectivity index (χ2v) is 5.73. The van der Waals surface area contributed by atoms with E-state index in [4.69, 9.17) is 0 Å². The Hall–Kier alpha value is -0.900. The molecule has 0 aliphatic carbocycles. The summed E-state index contributed by atoms with van der Waals surface area (Å²) in [5.41, 5.74) is -0.0323. The van der Waals surface area contributed by atoms with Gasteiger partial charge in [0, 0.05) is 6.07 Å². The van der Waals surface area contributed by atoms with Crippen molar-refractivity contribution in [1.29, 1.82) is 0 Å². The van der Waals surface area contributed by atoms with Crippen molar-refractivity contribution in [2.24, 2.45) is 5.92 Å². The van der Waals surface area contributed by atoms with Crippen LogP contribution in [0.5, 0.6) is 0 Å². The molecule has 1 aromatic carbocycles. The van der Waals surface area contributed by atoms with Gasteiger partial charge in [0.05, 0.1) is 10.8 Å². The summed E-state index contributed by atoms with van der Waals surface area (Å²) in [5, 5.41) is -0.308. The van der Waals surface area contributed by atoms with Crippen LogP contribution in [0, 0.1) is 17.6 Å². The van der Waals surface area contributed by atoms with Crippen LogP contribution in [0.15, 0.2) is 18.2 Å². The number of hydrogen-bond donors (Lipinski definition) is 0. The predicted octanol–water partition coefficient (Wildman–Crippen LogP) is 3.93. The summed E-state index contributed by atoms with van der Waals surface area (Å²) in [6, 6.07) is 3.06. The van der Waals surface area contributed by atoms with Crippen molar-refractivity contribution < 1.29 is 13.6 Å². The van der Waals surface area contributed by atoms with Crippen molar-refractivity contribution in [3.63, 3.8) is 0 Å². The largest absolute Gasteiger partial charge is 0.293 e. The molecule has 0 amide bonds. The van der Waals surface area contributed by atoms with Crippen LogP contribution in [0.2, 0.25) is 0 Å². The molecule has 1 nitrogen and oxygen atoms in total. The smallest absolute Gasteiger partial charge is 0.178 e. The van der Waals surface area contributed by atoms with Gasteiger partial charge in [0.2, 0.25) is 0 Å². The highest BCUT2D eigenvalue weighted by molar-refractivity contribution is 8.00. The number of ketones is 1. The van der Waals surface area contributed by atoms with Crippen LogP contribution in [0.3, 0.4) is 0 Å². The van der Waals surface area contributed by atoms with Crippen molar-refractivity contribution in [1.82, 2.24) is 0 Å². The first kappa shape index (κ1) is 14.2. The highest BCUT2D eigenvalue weighted by Crippen LogP contribution is 2.20. The van der Waals surface area contributed by atoms with Gasteiger partial charge in [-0.15, -0.1) is 0 Å². The van der Waals surface area contributed by atoms with Crippen LogP contribution in [0.25, 0.3) is 0 Å². The number of carbonyl (C=O) groups excluding carboxylic acids is 1. The minimum atomic E-state index is -0.785. The van der Waals surface area contributed by atoms with Gasteiger partial charge in [-0.05, 0) is 30.7 Å². The molecule has 0 aliphatic rings. The van der Waals surface area contributed by atoms with Gasteiger partial charge in [-0.25, -0.2) is 8.78 Å². The fraction of sp³-hybridized carbons (Fsp3) is 0.462. The van der Waals surface area contributed by atoms with E-state index < -0.39 is 11.6 Å². The van der Waals surface area contributed by atoms with E-state index in [1.165, 1.54) is 17.8 Å². The Morgan fingerprint density at radius 2 is 1.94 bits per heavy atom. The summed E-state index contributed by atoms with van der Waals surface area (Å²) in [5.74, 6) is -0.412. The van der Waals surface area contributed by atoms with Crippen LogP contribution >= 0.6 is 11.8 Å². The number of hydrogen-bond acceptors (Lipinski definition) is 2. The molecule has 1 rings (SSSR count). The summed E-state index contributed by atoms with van der Waals surface area (Å²) in [7, 11) is 0. The van der Waals surface area contributed by atoms with Crippen molar-refractivity contribution in [2.75, 3.05) is 5.75 Å². The Kier molecular flexibility index (Phi) is 5.12. The predicted molar refractivity (Wildman–Crippen MR) is 67.4 cm³/mol. The van der Waals surface area contributed by atoms with Gasteiger partial charge < -0.3 is 0 Å². The highest BCUT2D eigenvalue weighted by Gasteiger charge is 2.19. The van der Waals surface area contributed by atoms with E-state index in [0.717, 1.165) is 17.9 Å². The van der Waals surface area contributed by atoms with E-state index >= 15 is 0 Å². The Morgan fingerprint density at radius 1 is 1.29 bits per heavy atom. The summed E-state index contributed by atoms with van der Waals surface area (Å²) in [6.07, 6.45) is 0. The molecule has 0 fully saturated rings. The van der Waals surface area contributed by atoms with Gasteiger partial charge >= 0.3 is 0 Å². The first-order chi connectivity index (χ1) is 7.91. The van der Waals surface area contributed by atoms with E-state index in [1.54, 1.807) is 6.92 Å². The zero-order valence-corrected chi connectivity index (χ0v) is 11.0. The maximum Gasteiger partial charge on any atom is 0.178 e. The first-order valence-corrected chi connectivity index (χ1v) is 6.57. The Labute approximate surface area is 105 Å². The SMILES string of the molecule is CC(C)CSC(C)C(=O)c1ccc(F)cc1F. The lowest BCUT2D eigenvalue weighted by Gasteiger charge is -2.12. The molecule has 0 saturated heterocycles. The number of carbonyl (C=O) groups is 1. The van der Waals surface area contributed by atoms with E-state index in [1.807, 2.05) is 0 Å². The Balaban J connectivity index is 2.75. The Bertz CT molecular complexity index is 404. The van der Waals surface area contributed by atoms with Crippen molar-refractivity contribution in [2.45, 2.75) is 26.0 Å². The molecule has 0 aromatic heterocycles. The maximum absolute atomic E-state index is 13.4. The van der Waals surface area contributed by atoms with Crippen molar-refractivity contribution in [3.8, 4) is 0 Å². The number of rotatable bonds is 5. The molecule has 4 heteroatoms. The molecule has 0 N–H and O–H groups in total. The zero-order valence-electron chi connectivity index (χ0n) is 10.2.